The highest BCUT2D eigenvalue weighted by Crippen LogP contribution is 2.37. The van der Waals surface area contributed by atoms with E-state index in [0.29, 0.717) is 19.3 Å². The van der Waals surface area contributed by atoms with Gasteiger partial charge in [-0.1, -0.05) is 45.7 Å². The van der Waals surface area contributed by atoms with E-state index in [1.54, 1.807) is 0 Å². The van der Waals surface area contributed by atoms with E-state index in [1.165, 1.54) is 6.92 Å². The maximum Gasteiger partial charge on any atom is 0.163 e. The molecule has 0 bridgehead atoms. The van der Waals surface area contributed by atoms with Gasteiger partial charge in [-0.15, -0.1) is 0 Å². The number of ketones is 4. The summed E-state index contributed by atoms with van der Waals surface area (Å²) >= 11 is 0. The Bertz CT molecular complexity index is 851. The molecule has 32 heavy (non-hydrogen) atoms. The number of fused-ring (bicyclic) bond motifs is 1. The molecule has 0 N–H and O–H groups in total. The monoisotopic (exact) mass is 440 g/mol. The molecule has 2 rings (SSSR count). The van der Waals surface area contributed by atoms with Crippen LogP contribution in [0.2, 0.25) is 0 Å². The molecule has 1 aliphatic carbocycles. The highest BCUT2D eigenvalue weighted by atomic mass is 16.1. The second-order valence-corrected chi connectivity index (χ2v) is 9.69. The molecular formula is C28H40O4. The van der Waals surface area contributed by atoms with Crippen LogP contribution in [-0.2, 0) is 27.2 Å². The summed E-state index contributed by atoms with van der Waals surface area (Å²) in [6.07, 6.45) is 6.68. The second kappa shape index (κ2) is 12.2. The molecular weight excluding hydrogens is 400 g/mol. The van der Waals surface area contributed by atoms with Crippen LogP contribution in [0.5, 0.6) is 0 Å². The minimum Gasteiger partial charge on any atom is -0.300 e. The van der Waals surface area contributed by atoms with Crippen molar-refractivity contribution in [1.82, 2.24) is 0 Å². The number of carbonyl (C=O) groups excluding carboxylic acids is 4. The first kappa shape index (κ1) is 26.2. The van der Waals surface area contributed by atoms with Gasteiger partial charge in [0.1, 0.15) is 17.3 Å². The van der Waals surface area contributed by atoms with E-state index in [4.69, 9.17) is 0 Å². The van der Waals surface area contributed by atoms with Gasteiger partial charge in [-0.05, 0) is 68.1 Å². The first-order valence-corrected chi connectivity index (χ1v) is 12.4. The van der Waals surface area contributed by atoms with Crippen LogP contribution in [0.3, 0.4) is 0 Å². The number of hydrogen-bond donors (Lipinski definition) is 0. The first-order valence-electron chi connectivity index (χ1n) is 12.4. The largest absolute Gasteiger partial charge is 0.300 e. The van der Waals surface area contributed by atoms with E-state index in [2.05, 4.69) is 6.92 Å². The van der Waals surface area contributed by atoms with Gasteiger partial charge >= 0.3 is 0 Å². The van der Waals surface area contributed by atoms with Gasteiger partial charge in [0.05, 0.1) is 6.42 Å². The van der Waals surface area contributed by atoms with Crippen molar-refractivity contribution in [1.29, 1.82) is 0 Å². The summed E-state index contributed by atoms with van der Waals surface area (Å²) in [6, 6.07) is 4.06. The Morgan fingerprint density at radius 1 is 1.06 bits per heavy atom. The lowest BCUT2D eigenvalue weighted by molar-refractivity contribution is -0.130. The molecule has 1 aromatic carbocycles. The van der Waals surface area contributed by atoms with Gasteiger partial charge in [0.25, 0.3) is 0 Å². The lowest BCUT2D eigenvalue weighted by atomic mass is 9.72. The number of hydrogen-bond acceptors (Lipinski definition) is 4. The van der Waals surface area contributed by atoms with E-state index in [9.17, 15) is 19.2 Å². The molecule has 4 heteroatoms. The van der Waals surface area contributed by atoms with Crippen molar-refractivity contribution in [2.45, 2.75) is 98.8 Å². The SMILES string of the molecule is CCCC(=O)Cc1ccc2c(c1C)C(=O)CC(CC(CCC)C(CC)C(=O)CC(C)=O)C2. The molecule has 0 fully saturated rings. The van der Waals surface area contributed by atoms with Crippen molar-refractivity contribution in [2.75, 3.05) is 0 Å². The molecule has 3 unspecified atom stereocenters. The summed E-state index contributed by atoms with van der Waals surface area (Å²) in [5.41, 5.74) is 3.82. The number of Topliss-reactive ketones (excluding diaryl/α,β-unsaturated/α-hetero) is 4. The smallest absolute Gasteiger partial charge is 0.163 e. The van der Waals surface area contributed by atoms with E-state index < -0.39 is 0 Å². The second-order valence-electron chi connectivity index (χ2n) is 9.69. The fourth-order valence-electron chi connectivity index (χ4n) is 5.54. The average Bonchev–Trinajstić information content (AvgIpc) is 2.70. The first-order chi connectivity index (χ1) is 15.2. The molecule has 0 amide bonds. The third-order valence-corrected chi connectivity index (χ3v) is 6.98. The van der Waals surface area contributed by atoms with Gasteiger partial charge in [-0.25, -0.2) is 0 Å². The van der Waals surface area contributed by atoms with E-state index >= 15 is 0 Å². The van der Waals surface area contributed by atoms with E-state index in [-0.39, 0.29) is 47.3 Å². The summed E-state index contributed by atoms with van der Waals surface area (Å²) in [4.78, 5) is 49.5. The van der Waals surface area contributed by atoms with Crippen molar-refractivity contribution < 1.29 is 19.2 Å². The van der Waals surface area contributed by atoms with Crippen LogP contribution < -0.4 is 0 Å². The molecule has 3 atom stereocenters. The minimum atomic E-state index is -0.107. The van der Waals surface area contributed by atoms with Crippen LogP contribution in [0.1, 0.15) is 106 Å². The van der Waals surface area contributed by atoms with Crippen molar-refractivity contribution in [2.24, 2.45) is 17.8 Å². The molecule has 0 saturated carbocycles. The lowest BCUT2D eigenvalue weighted by Crippen LogP contribution is -2.30. The summed E-state index contributed by atoms with van der Waals surface area (Å²) in [5, 5.41) is 0. The number of benzene rings is 1. The van der Waals surface area contributed by atoms with Crippen LogP contribution in [-0.4, -0.2) is 23.1 Å². The van der Waals surface area contributed by atoms with Gasteiger partial charge in [-0.3, -0.25) is 19.2 Å². The fraction of sp³-hybridized carbons (Fsp3) is 0.643. The van der Waals surface area contributed by atoms with Crippen molar-refractivity contribution in [3.63, 3.8) is 0 Å². The normalized spacial score (nSPS) is 17.5. The molecule has 0 radical (unpaired) electrons. The summed E-state index contributed by atoms with van der Waals surface area (Å²) < 4.78 is 0. The zero-order valence-electron chi connectivity index (χ0n) is 20.6. The predicted molar refractivity (Wildman–Crippen MR) is 128 cm³/mol. The highest BCUT2D eigenvalue weighted by Gasteiger charge is 2.33. The van der Waals surface area contributed by atoms with Gasteiger partial charge in [0, 0.05) is 30.7 Å². The standard InChI is InChI=1S/C28H40O4/c1-6-9-22(25(8-3)26(31)13-18(4)29)14-20-15-23-12-11-21(17-24(30)10-7-2)19(5)28(23)27(32)16-20/h11-12,20,22,25H,6-10,13-17H2,1-5H3. The average molecular weight is 441 g/mol. The summed E-state index contributed by atoms with van der Waals surface area (Å²) in [6.45, 7) is 9.60. The zero-order valence-corrected chi connectivity index (χ0v) is 20.6. The molecule has 0 spiro atoms. The van der Waals surface area contributed by atoms with Crippen LogP contribution in [0, 0.1) is 24.7 Å². The lowest BCUT2D eigenvalue weighted by Gasteiger charge is -2.32. The van der Waals surface area contributed by atoms with Gasteiger partial charge in [-0.2, -0.15) is 0 Å². The molecule has 0 aliphatic heterocycles. The molecule has 1 aliphatic rings. The van der Waals surface area contributed by atoms with E-state index in [1.807, 2.05) is 32.9 Å². The maximum atomic E-state index is 13.1. The third-order valence-electron chi connectivity index (χ3n) is 6.98. The van der Waals surface area contributed by atoms with Gasteiger partial charge in [0.2, 0.25) is 0 Å². The Hall–Kier alpha value is -2.10. The molecule has 1 aromatic rings. The Kier molecular flexibility index (Phi) is 9.99. The number of rotatable bonds is 13. The molecule has 4 nitrogen and oxygen atoms in total. The fourth-order valence-corrected chi connectivity index (χ4v) is 5.54. The van der Waals surface area contributed by atoms with E-state index in [0.717, 1.165) is 60.8 Å². The highest BCUT2D eigenvalue weighted by molar-refractivity contribution is 6.01. The Balaban J connectivity index is 2.20. The Morgan fingerprint density at radius 3 is 2.38 bits per heavy atom. The zero-order chi connectivity index (χ0) is 23.8. The quantitative estimate of drug-likeness (QED) is 0.351. The van der Waals surface area contributed by atoms with Crippen molar-refractivity contribution >= 4 is 23.1 Å². The van der Waals surface area contributed by atoms with Crippen LogP contribution in [0.4, 0.5) is 0 Å². The molecule has 0 aromatic heterocycles. The van der Waals surface area contributed by atoms with Gasteiger partial charge in [0.15, 0.2) is 5.78 Å². The molecule has 0 heterocycles. The molecule has 0 saturated heterocycles. The van der Waals surface area contributed by atoms with Crippen molar-refractivity contribution in [3.8, 4) is 0 Å². The summed E-state index contributed by atoms with van der Waals surface area (Å²) in [5.74, 6) is 0.689. The topological polar surface area (TPSA) is 68.3 Å². The van der Waals surface area contributed by atoms with Crippen molar-refractivity contribution in [3.05, 3.63) is 34.4 Å². The maximum absolute atomic E-state index is 13.1. The third kappa shape index (κ3) is 6.70. The summed E-state index contributed by atoms with van der Waals surface area (Å²) in [7, 11) is 0. The van der Waals surface area contributed by atoms with Crippen LogP contribution in [0.15, 0.2) is 12.1 Å². The molecule has 176 valence electrons. The number of carbonyl (C=O) groups is 4. The van der Waals surface area contributed by atoms with Crippen LogP contribution in [0.25, 0.3) is 0 Å². The Morgan fingerprint density at radius 2 is 1.78 bits per heavy atom. The minimum absolute atomic E-state index is 0.0177. The van der Waals surface area contributed by atoms with Crippen LogP contribution >= 0.6 is 0 Å². The Labute approximate surface area is 193 Å². The predicted octanol–water partition coefficient (Wildman–Crippen LogP) is 6.03. The van der Waals surface area contributed by atoms with Gasteiger partial charge < -0.3 is 0 Å².